The van der Waals surface area contributed by atoms with Crippen LogP contribution in [-0.4, -0.2) is 67.2 Å². The minimum atomic E-state index is -4.67. The molecule has 182 valence electrons. The molecule has 0 bridgehead atoms. The number of halogens is 6. The Kier molecular flexibility index (Phi) is 8.29. The number of nitrogens with two attached hydrogens (primary N) is 1. The maximum Gasteiger partial charge on any atom is 0.408 e. The van der Waals surface area contributed by atoms with E-state index in [0.29, 0.717) is 5.03 Å². The number of anilines is 2. The maximum absolute atomic E-state index is 12.9. The lowest BCUT2D eigenvalue weighted by Gasteiger charge is -2.20. The van der Waals surface area contributed by atoms with E-state index in [0.717, 1.165) is 25.6 Å². The number of rotatable bonds is 9. The fourth-order valence-electron chi connectivity index (χ4n) is 2.04. The van der Waals surface area contributed by atoms with Gasteiger partial charge in [0.2, 0.25) is 11.9 Å². The molecule has 3 atom stereocenters. The number of aromatic nitrogens is 4. The van der Waals surface area contributed by atoms with Crippen LogP contribution in [0, 0.1) is 0 Å². The number of carbonyl (C=O) groups is 1. The molecule has 0 saturated carbocycles. The summed E-state index contributed by atoms with van der Waals surface area (Å²) < 4.78 is 77.5. The fourth-order valence-corrected chi connectivity index (χ4v) is 2.87. The molecule has 2 aromatic rings. The molecule has 0 aliphatic rings. The molecule has 2 heterocycles. The SMILES string of the molecule is C[C@@H](Nc1nc(N[C@H](C)C(F)(F)F)nc(-c2cccc(SC[C@@H](N)C(=O)O)n2)n1)C(F)(F)F. The highest BCUT2D eigenvalue weighted by atomic mass is 32.2. The van der Waals surface area contributed by atoms with Crippen molar-refractivity contribution < 1.29 is 36.2 Å². The molecule has 16 heteroatoms. The van der Waals surface area contributed by atoms with Crippen molar-refractivity contribution in [3.05, 3.63) is 18.2 Å². The predicted molar refractivity (Wildman–Crippen MR) is 108 cm³/mol. The largest absolute Gasteiger partial charge is 0.480 e. The van der Waals surface area contributed by atoms with Crippen LogP contribution in [0.1, 0.15) is 13.8 Å². The van der Waals surface area contributed by atoms with Crippen molar-refractivity contribution in [1.29, 1.82) is 0 Å². The van der Waals surface area contributed by atoms with E-state index in [9.17, 15) is 31.1 Å². The summed E-state index contributed by atoms with van der Waals surface area (Å²) in [6.07, 6.45) is -9.34. The molecule has 0 amide bonds. The van der Waals surface area contributed by atoms with Crippen LogP contribution in [0.25, 0.3) is 11.5 Å². The van der Waals surface area contributed by atoms with Crippen LogP contribution >= 0.6 is 11.8 Å². The van der Waals surface area contributed by atoms with Crippen molar-refractivity contribution in [2.45, 2.75) is 49.4 Å². The highest BCUT2D eigenvalue weighted by Gasteiger charge is 2.38. The smallest absolute Gasteiger partial charge is 0.408 e. The molecule has 2 rings (SSSR count). The molecule has 0 fully saturated rings. The molecule has 0 saturated heterocycles. The van der Waals surface area contributed by atoms with Gasteiger partial charge < -0.3 is 21.5 Å². The van der Waals surface area contributed by atoms with Gasteiger partial charge in [0, 0.05) is 5.75 Å². The van der Waals surface area contributed by atoms with Gasteiger partial charge in [0.15, 0.2) is 5.82 Å². The Morgan fingerprint density at radius 1 is 1.00 bits per heavy atom. The van der Waals surface area contributed by atoms with Crippen molar-refractivity contribution >= 4 is 29.6 Å². The van der Waals surface area contributed by atoms with Gasteiger partial charge in [0.05, 0.1) is 5.03 Å². The second-order valence-corrected chi connectivity index (χ2v) is 7.78. The third-order valence-corrected chi connectivity index (χ3v) is 5.04. The van der Waals surface area contributed by atoms with Gasteiger partial charge in [-0.2, -0.15) is 41.3 Å². The van der Waals surface area contributed by atoms with Gasteiger partial charge in [-0.3, -0.25) is 4.79 Å². The van der Waals surface area contributed by atoms with Crippen LogP contribution in [0.4, 0.5) is 38.2 Å². The average molecular weight is 499 g/mol. The van der Waals surface area contributed by atoms with Crippen LogP contribution in [0.2, 0.25) is 0 Å². The van der Waals surface area contributed by atoms with Gasteiger partial charge in [-0.15, -0.1) is 11.8 Å². The number of alkyl halides is 6. The highest BCUT2D eigenvalue weighted by Crippen LogP contribution is 2.26. The minimum absolute atomic E-state index is 0.0109. The number of carboxylic acids is 1. The summed E-state index contributed by atoms with van der Waals surface area (Å²) in [7, 11) is 0. The van der Waals surface area contributed by atoms with Gasteiger partial charge in [0.25, 0.3) is 0 Å². The van der Waals surface area contributed by atoms with Gasteiger partial charge in [-0.25, -0.2) is 4.98 Å². The Labute approximate surface area is 187 Å². The van der Waals surface area contributed by atoms with E-state index in [1.807, 2.05) is 10.6 Å². The van der Waals surface area contributed by atoms with E-state index >= 15 is 0 Å². The molecule has 0 radical (unpaired) electrons. The zero-order valence-electron chi connectivity index (χ0n) is 17.1. The maximum atomic E-state index is 12.9. The van der Waals surface area contributed by atoms with Crippen LogP contribution in [0.5, 0.6) is 0 Å². The molecule has 0 spiro atoms. The monoisotopic (exact) mass is 499 g/mol. The van der Waals surface area contributed by atoms with Crippen molar-refractivity contribution in [1.82, 2.24) is 19.9 Å². The third kappa shape index (κ3) is 7.88. The van der Waals surface area contributed by atoms with E-state index in [1.165, 1.54) is 18.2 Å². The molecule has 2 aromatic heterocycles. The zero-order valence-corrected chi connectivity index (χ0v) is 17.9. The molecular formula is C17H19F6N7O2S. The summed E-state index contributed by atoms with van der Waals surface area (Å²) in [5, 5.41) is 13.1. The van der Waals surface area contributed by atoms with E-state index < -0.39 is 48.3 Å². The van der Waals surface area contributed by atoms with Crippen LogP contribution in [0.3, 0.4) is 0 Å². The van der Waals surface area contributed by atoms with E-state index in [-0.39, 0.29) is 17.3 Å². The predicted octanol–water partition coefficient (Wildman–Crippen LogP) is 3.16. The van der Waals surface area contributed by atoms with Gasteiger partial charge in [0.1, 0.15) is 23.8 Å². The van der Waals surface area contributed by atoms with Gasteiger partial charge in [-0.1, -0.05) is 6.07 Å². The first-order valence-corrected chi connectivity index (χ1v) is 10.2. The third-order valence-electron chi connectivity index (χ3n) is 3.99. The molecule has 9 nitrogen and oxygen atoms in total. The number of aliphatic carboxylic acids is 1. The highest BCUT2D eigenvalue weighted by molar-refractivity contribution is 7.99. The summed E-state index contributed by atoms with van der Waals surface area (Å²) in [6, 6.07) is -1.00. The van der Waals surface area contributed by atoms with Crippen LogP contribution in [-0.2, 0) is 4.79 Å². The average Bonchev–Trinajstić information content (AvgIpc) is 2.70. The number of nitrogens with zero attached hydrogens (tertiary/aromatic N) is 4. The van der Waals surface area contributed by atoms with Crippen molar-refractivity contribution in [2.24, 2.45) is 5.73 Å². The number of carboxylic acid groups (broad SMARTS) is 1. The standard InChI is InChI=1S/C17H19F6N7O2S/c1-7(16(18,19)20)25-14-28-12(29-15(30-14)26-8(2)17(21,22)23)10-4-3-5-11(27-10)33-6-9(24)13(31)32/h3-5,7-9H,6,24H2,1-2H3,(H,31,32)(H2,25,26,28,29,30)/t7-,8-,9-/m1/s1. The van der Waals surface area contributed by atoms with Gasteiger partial charge in [-0.05, 0) is 26.0 Å². The zero-order chi connectivity index (χ0) is 25.0. The molecule has 0 aliphatic heterocycles. The normalized spacial score (nSPS) is 14.9. The Balaban J connectivity index is 2.40. The second-order valence-electron chi connectivity index (χ2n) is 6.74. The van der Waals surface area contributed by atoms with Crippen molar-refractivity contribution in [2.75, 3.05) is 16.4 Å². The number of pyridine rings is 1. The number of thioether (sulfide) groups is 1. The molecular weight excluding hydrogens is 480 g/mol. The molecule has 0 unspecified atom stereocenters. The second kappa shape index (κ2) is 10.4. The Bertz CT molecular complexity index is 935. The van der Waals surface area contributed by atoms with Crippen LogP contribution < -0.4 is 16.4 Å². The molecule has 33 heavy (non-hydrogen) atoms. The summed E-state index contributed by atoms with van der Waals surface area (Å²) in [5.41, 5.74) is 5.45. The number of nitrogens with one attached hydrogen (secondary N) is 2. The van der Waals surface area contributed by atoms with E-state index in [2.05, 4.69) is 19.9 Å². The number of hydrogen-bond acceptors (Lipinski definition) is 9. The molecule has 0 aliphatic carbocycles. The van der Waals surface area contributed by atoms with E-state index in [1.54, 1.807) is 0 Å². The first-order chi connectivity index (χ1) is 15.2. The summed E-state index contributed by atoms with van der Waals surface area (Å²) in [6.45, 7) is 1.58. The van der Waals surface area contributed by atoms with Crippen LogP contribution in [0.15, 0.2) is 23.2 Å². The summed E-state index contributed by atoms with van der Waals surface area (Å²) in [5.74, 6) is -2.79. The van der Waals surface area contributed by atoms with Crippen molar-refractivity contribution in [3.63, 3.8) is 0 Å². The Morgan fingerprint density at radius 3 is 1.97 bits per heavy atom. The summed E-state index contributed by atoms with van der Waals surface area (Å²) in [4.78, 5) is 26.3. The molecule has 0 aromatic carbocycles. The number of hydrogen-bond donors (Lipinski definition) is 4. The Hall–Kier alpha value is -2.88. The lowest BCUT2D eigenvalue weighted by molar-refractivity contribution is -0.139. The lowest BCUT2D eigenvalue weighted by atomic mass is 10.3. The first kappa shape index (κ1) is 26.4. The van der Waals surface area contributed by atoms with Crippen molar-refractivity contribution in [3.8, 4) is 11.5 Å². The molecule has 5 N–H and O–H groups in total. The minimum Gasteiger partial charge on any atom is -0.480 e. The summed E-state index contributed by atoms with van der Waals surface area (Å²) >= 11 is 0.985. The Morgan fingerprint density at radius 2 is 1.52 bits per heavy atom. The van der Waals surface area contributed by atoms with E-state index in [4.69, 9.17) is 10.8 Å². The quantitative estimate of drug-likeness (QED) is 0.301. The first-order valence-electron chi connectivity index (χ1n) is 9.18. The fraction of sp³-hybridized carbons (Fsp3) is 0.471. The topological polar surface area (TPSA) is 139 Å². The van der Waals surface area contributed by atoms with Gasteiger partial charge >= 0.3 is 18.3 Å². The lowest BCUT2D eigenvalue weighted by Crippen LogP contribution is -2.35.